The van der Waals surface area contributed by atoms with Gasteiger partial charge in [0.25, 0.3) is 0 Å². The number of aliphatic hydroxyl groups is 1. The molecule has 0 saturated heterocycles. The van der Waals surface area contributed by atoms with E-state index in [1.807, 2.05) is 12.3 Å². The molecule has 1 aromatic carbocycles. The Morgan fingerprint density at radius 3 is 2.52 bits per heavy atom. The number of fused-ring (bicyclic) bond motifs is 1. The standard InChI is InChI=1S/C23H27N3O/c1-15-13-17(8-11-22(15)26(2)3)20-14-21-19(5-4-12-24-21)23(25-20)16-6-9-18(27)10-7-16/h4-5,8,11-14,16,18,27H,6-7,9-10H2,1-3H3. The minimum atomic E-state index is -0.157. The Bertz CT molecular complexity index is 959. The number of rotatable bonds is 3. The molecule has 1 aliphatic carbocycles. The molecule has 140 valence electrons. The Kier molecular flexibility index (Phi) is 4.83. The molecule has 0 spiro atoms. The molecular formula is C23H27N3O. The van der Waals surface area contributed by atoms with E-state index in [1.54, 1.807) is 0 Å². The van der Waals surface area contributed by atoms with Crippen molar-refractivity contribution in [1.82, 2.24) is 9.97 Å². The van der Waals surface area contributed by atoms with Gasteiger partial charge in [-0.25, -0.2) is 0 Å². The van der Waals surface area contributed by atoms with Crippen molar-refractivity contribution in [1.29, 1.82) is 0 Å². The van der Waals surface area contributed by atoms with Crippen LogP contribution in [0.1, 0.15) is 42.9 Å². The Morgan fingerprint density at radius 1 is 1.04 bits per heavy atom. The van der Waals surface area contributed by atoms with Crippen LogP contribution in [0.2, 0.25) is 0 Å². The molecule has 4 rings (SSSR count). The van der Waals surface area contributed by atoms with Crippen LogP contribution in [0.4, 0.5) is 5.69 Å². The minimum absolute atomic E-state index is 0.157. The first-order valence-electron chi connectivity index (χ1n) is 9.75. The molecule has 27 heavy (non-hydrogen) atoms. The molecule has 0 radical (unpaired) electrons. The van der Waals surface area contributed by atoms with E-state index in [0.717, 1.165) is 53.5 Å². The number of aliphatic hydroxyl groups excluding tert-OH is 1. The largest absolute Gasteiger partial charge is 0.393 e. The molecule has 2 aromatic heterocycles. The van der Waals surface area contributed by atoms with Crippen LogP contribution >= 0.6 is 0 Å². The second-order valence-electron chi connectivity index (χ2n) is 7.86. The van der Waals surface area contributed by atoms with Gasteiger partial charge >= 0.3 is 0 Å². The fourth-order valence-corrected chi connectivity index (χ4v) is 4.23. The topological polar surface area (TPSA) is 49.3 Å². The number of pyridine rings is 2. The summed E-state index contributed by atoms with van der Waals surface area (Å²) in [5, 5.41) is 11.0. The predicted octanol–water partition coefficient (Wildman–Crippen LogP) is 4.69. The van der Waals surface area contributed by atoms with Crippen LogP contribution in [0.5, 0.6) is 0 Å². The predicted molar refractivity (Wildman–Crippen MR) is 111 cm³/mol. The van der Waals surface area contributed by atoms with Gasteiger partial charge < -0.3 is 10.0 Å². The Morgan fingerprint density at radius 2 is 1.81 bits per heavy atom. The van der Waals surface area contributed by atoms with Gasteiger partial charge in [0.05, 0.1) is 23.0 Å². The number of anilines is 1. The van der Waals surface area contributed by atoms with Gasteiger partial charge in [0.1, 0.15) is 0 Å². The Labute approximate surface area is 160 Å². The minimum Gasteiger partial charge on any atom is -0.393 e. The van der Waals surface area contributed by atoms with Crippen molar-refractivity contribution in [2.24, 2.45) is 0 Å². The summed E-state index contributed by atoms with van der Waals surface area (Å²) in [5.41, 5.74) is 6.70. The molecule has 2 heterocycles. The van der Waals surface area contributed by atoms with E-state index in [1.165, 1.54) is 11.3 Å². The summed E-state index contributed by atoms with van der Waals surface area (Å²) in [6, 6.07) is 12.7. The van der Waals surface area contributed by atoms with Crippen LogP contribution in [0.15, 0.2) is 42.6 Å². The fraction of sp³-hybridized carbons (Fsp3) is 0.391. The van der Waals surface area contributed by atoms with Crippen LogP contribution in [-0.4, -0.2) is 35.3 Å². The molecule has 4 heteroatoms. The molecule has 0 unspecified atom stereocenters. The van der Waals surface area contributed by atoms with Gasteiger partial charge in [-0.3, -0.25) is 9.97 Å². The molecule has 0 atom stereocenters. The van der Waals surface area contributed by atoms with Crippen LogP contribution in [0, 0.1) is 6.92 Å². The first-order valence-corrected chi connectivity index (χ1v) is 9.75. The van der Waals surface area contributed by atoms with Gasteiger partial charge in [-0.2, -0.15) is 0 Å². The van der Waals surface area contributed by atoms with Gasteiger partial charge in [-0.1, -0.05) is 6.07 Å². The third kappa shape index (κ3) is 3.54. The summed E-state index contributed by atoms with van der Waals surface area (Å²) >= 11 is 0. The van der Waals surface area contributed by atoms with E-state index in [0.29, 0.717) is 5.92 Å². The number of hydrogen-bond acceptors (Lipinski definition) is 4. The van der Waals surface area contributed by atoms with Gasteiger partial charge in [-0.05, 0) is 68.5 Å². The fourth-order valence-electron chi connectivity index (χ4n) is 4.23. The average Bonchev–Trinajstić information content (AvgIpc) is 2.67. The smallest absolute Gasteiger partial charge is 0.0742 e. The highest BCUT2D eigenvalue weighted by Crippen LogP contribution is 2.37. The number of hydrogen-bond donors (Lipinski definition) is 1. The quantitative estimate of drug-likeness (QED) is 0.735. The molecule has 0 bridgehead atoms. The lowest BCUT2D eigenvalue weighted by atomic mass is 9.83. The second kappa shape index (κ2) is 7.28. The summed E-state index contributed by atoms with van der Waals surface area (Å²) in [5.74, 6) is 0.391. The summed E-state index contributed by atoms with van der Waals surface area (Å²) in [6.07, 6.45) is 5.38. The van der Waals surface area contributed by atoms with E-state index < -0.39 is 0 Å². The first-order chi connectivity index (χ1) is 13.0. The van der Waals surface area contributed by atoms with Crippen molar-refractivity contribution in [3.8, 4) is 11.3 Å². The number of aryl methyl sites for hydroxylation is 1. The first kappa shape index (κ1) is 17.9. The second-order valence-corrected chi connectivity index (χ2v) is 7.86. The van der Waals surface area contributed by atoms with Crippen LogP contribution in [-0.2, 0) is 0 Å². The maximum Gasteiger partial charge on any atom is 0.0742 e. The van der Waals surface area contributed by atoms with E-state index in [9.17, 15) is 5.11 Å². The Hall–Kier alpha value is -2.46. The van der Waals surface area contributed by atoms with Gasteiger partial charge in [-0.15, -0.1) is 0 Å². The lowest BCUT2D eigenvalue weighted by Gasteiger charge is -2.26. The zero-order valence-corrected chi connectivity index (χ0v) is 16.3. The molecule has 1 N–H and O–H groups in total. The van der Waals surface area contributed by atoms with E-state index in [-0.39, 0.29) is 6.10 Å². The zero-order valence-electron chi connectivity index (χ0n) is 16.3. The molecule has 3 aromatic rings. The van der Waals surface area contributed by atoms with Crippen molar-refractivity contribution in [2.45, 2.75) is 44.6 Å². The van der Waals surface area contributed by atoms with Crippen molar-refractivity contribution >= 4 is 16.6 Å². The highest BCUT2D eigenvalue weighted by atomic mass is 16.3. The normalized spacial score (nSPS) is 20.0. The third-order valence-electron chi connectivity index (χ3n) is 5.69. The maximum atomic E-state index is 9.88. The monoisotopic (exact) mass is 361 g/mol. The van der Waals surface area contributed by atoms with E-state index in [2.05, 4.69) is 61.2 Å². The van der Waals surface area contributed by atoms with Crippen LogP contribution in [0.3, 0.4) is 0 Å². The van der Waals surface area contributed by atoms with Crippen molar-refractivity contribution in [2.75, 3.05) is 19.0 Å². The van der Waals surface area contributed by atoms with Crippen molar-refractivity contribution in [3.05, 3.63) is 53.9 Å². The van der Waals surface area contributed by atoms with Crippen molar-refractivity contribution < 1.29 is 5.11 Å². The molecular weight excluding hydrogens is 334 g/mol. The third-order valence-corrected chi connectivity index (χ3v) is 5.69. The SMILES string of the molecule is Cc1cc(-c2cc3ncccc3c(C3CCC(O)CC3)n2)ccc1N(C)C. The molecule has 0 amide bonds. The zero-order chi connectivity index (χ0) is 19.0. The van der Waals surface area contributed by atoms with Crippen LogP contribution < -0.4 is 4.90 Å². The number of nitrogens with zero attached hydrogens (tertiary/aromatic N) is 3. The van der Waals surface area contributed by atoms with E-state index in [4.69, 9.17) is 4.98 Å². The lowest BCUT2D eigenvalue weighted by molar-refractivity contribution is 0.122. The van der Waals surface area contributed by atoms with Gasteiger partial charge in [0.15, 0.2) is 0 Å². The summed E-state index contributed by atoms with van der Waals surface area (Å²) < 4.78 is 0. The molecule has 1 fully saturated rings. The lowest BCUT2D eigenvalue weighted by Crippen LogP contribution is -2.18. The number of benzene rings is 1. The molecule has 0 aliphatic heterocycles. The molecule has 4 nitrogen and oxygen atoms in total. The maximum absolute atomic E-state index is 9.88. The van der Waals surface area contributed by atoms with E-state index >= 15 is 0 Å². The summed E-state index contributed by atoms with van der Waals surface area (Å²) in [7, 11) is 4.13. The van der Waals surface area contributed by atoms with Gasteiger partial charge in [0.2, 0.25) is 0 Å². The highest BCUT2D eigenvalue weighted by Gasteiger charge is 2.24. The highest BCUT2D eigenvalue weighted by molar-refractivity contribution is 5.85. The number of aromatic nitrogens is 2. The van der Waals surface area contributed by atoms with Gasteiger partial charge in [0, 0.05) is 42.8 Å². The van der Waals surface area contributed by atoms with Crippen LogP contribution in [0.25, 0.3) is 22.2 Å². The summed E-state index contributed by atoms with van der Waals surface area (Å²) in [6.45, 7) is 2.14. The molecule has 1 saturated carbocycles. The van der Waals surface area contributed by atoms with Crippen molar-refractivity contribution in [3.63, 3.8) is 0 Å². The Balaban J connectivity index is 1.81. The molecule has 1 aliphatic rings. The average molecular weight is 361 g/mol. The summed E-state index contributed by atoms with van der Waals surface area (Å²) in [4.78, 5) is 11.8.